The van der Waals surface area contributed by atoms with Crippen LogP contribution in [0.15, 0.2) is 47.5 Å². The van der Waals surface area contributed by atoms with Gasteiger partial charge in [0.05, 0.1) is 16.4 Å². The first kappa shape index (κ1) is 20.9. The Morgan fingerprint density at radius 2 is 1.96 bits per heavy atom. The van der Waals surface area contributed by atoms with Crippen LogP contribution in [0.3, 0.4) is 0 Å². The van der Waals surface area contributed by atoms with E-state index in [2.05, 4.69) is 0 Å². The molecule has 136 valence electrons. The minimum atomic E-state index is -0.415. The molecule has 0 saturated carbocycles. The first-order valence-electron chi connectivity index (χ1n) is 7.96. The highest BCUT2D eigenvalue weighted by molar-refractivity contribution is 6.33. The summed E-state index contributed by atoms with van der Waals surface area (Å²) in [6.07, 6.45) is 4.12. The summed E-state index contributed by atoms with van der Waals surface area (Å²) in [4.78, 5) is 12.8. The Morgan fingerprint density at radius 3 is 2.56 bits per heavy atom. The smallest absolute Gasteiger partial charge is 0.281 e. The third-order valence-corrected chi connectivity index (χ3v) is 3.99. The van der Waals surface area contributed by atoms with Gasteiger partial charge in [-0.1, -0.05) is 45.9 Å². The van der Waals surface area contributed by atoms with Gasteiger partial charge in [0.2, 0.25) is 0 Å². The quantitative estimate of drug-likeness (QED) is 0.713. The Kier molecular flexibility index (Phi) is 7.39. The van der Waals surface area contributed by atoms with Crippen molar-refractivity contribution in [3.05, 3.63) is 69.6 Å². The topological polar surface area (TPSA) is 52.4 Å². The number of benzene rings is 1. The van der Waals surface area contributed by atoms with Gasteiger partial charge in [-0.05, 0) is 30.7 Å². The first-order chi connectivity index (χ1) is 11.5. The van der Waals surface area contributed by atoms with Crippen molar-refractivity contribution in [3.8, 4) is 5.69 Å². The predicted octanol–water partition coefficient (Wildman–Crippen LogP) is 4.95. The summed E-state index contributed by atoms with van der Waals surface area (Å²) in [5.41, 5.74) is 7.21. The van der Waals surface area contributed by atoms with Crippen LogP contribution >= 0.6 is 11.6 Å². The van der Waals surface area contributed by atoms with E-state index >= 15 is 0 Å². The third kappa shape index (κ3) is 3.94. The maximum Gasteiger partial charge on any atom is 0.281 e. The zero-order valence-electron chi connectivity index (χ0n) is 14.0. The second-order valence-electron chi connectivity index (χ2n) is 5.11. The van der Waals surface area contributed by atoms with Crippen LogP contribution in [0.5, 0.6) is 0 Å². The van der Waals surface area contributed by atoms with Gasteiger partial charge in [0.1, 0.15) is 11.3 Å². The van der Waals surface area contributed by atoms with E-state index in [4.69, 9.17) is 17.3 Å². The van der Waals surface area contributed by atoms with Gasteiger partial charge in [-0.3, -0.25) is 9.36 Å². The molecule has 0 fully saturated rings. The number of nitrogens with zero attached hydrogens (tertiary/aromatic N) is 2. The molecular weight excluding hydrogens is 341 g/mol. The lowest BCUT2D eigenvalue weighted by atomic mass is 10.1. The van der Waals surface area contributed by atoms with E-state index in [0.29, 0.717) is 28.3 Å². The van der Waals surface area contributed by atoms with Crippen molar-refractivity contribution in [1.82, 2.24) is 8.97 Å². The lowest BCUT2D eigenvalue weighted by molar-refractivity contribution is 0.619. The average Bonchev–Trinajstić information content (AvgIpc) is 2.97. The molecular formula is C19H25ClFN3O. The molecule has 1 aromatic carbocycles. The zero-order valence-corrected chi connectivity index (χ0v) is 14.7. The molecule has 0 bridgehead atoms. The summed E-state index contributed by atoms with van der Waals surface area (Å²) in [5, 5.41) is 0.353. The maximum absolute atomic E-state index is 13.6. The summed E-state index contributed by atoms with van der Waals surface area (Å²) in [6.45, 7) is 5.93. The number of hydrogen-bond donors (Lipinski definition) is 1. The standard InChI is InChI=1S/C16H15ClFN3O.C2H6.CH4/c1-2-13(19)14-9-20-7-6-12(17)15(20)16(22)21(14)11-5-3-4-10(18)8-11;1-2;/h3-9,13H,2,19H2,1H3;1-2H3;1H4. The van der Waals surface area contributed by atoms with E-state index in [9.17, 15) is 9.18 Å². The fraction of sp³-hybridized carbons (Fsp3) is 0.316. The van der Waals surface area contributed by atoms with Gasteiger partial charge in [-0.15, -0.1) is 0 Å². The largest absolute Gasteiger partial charge is 0.323 e. The molecule has 6 heteroatoms. The Bertz CT molecular complexity index is 901. The summed E-state index contributed by atoms with van der Waals surface area (Å²) >= 11 is 6.09. The fourth-order valence-corrected chi connectivity index (χ4v) is 2.75. The molecule has 0 amide bonds. The highest BCUT2D eigenvalue weighted by Gasteiger charge is 2.17. The molecule has 4 nitrogen and oxygen atoms in total. The van der Waals surface area contributed by atoms with Crippen LogP contribution < -0.4 is 11.3 Å². The average molecular weight is 366 g/mol. The van der Waals surface area contributed by atoms with E-state index in [1.807, 2.05) is 20.8 Å². The molecule has 0 aliphatic carbocycles. The Balaban J connectivity index is 0.00000101. The normalized spacial score (nSPS) is 11.4. The molecule has 0 spiro atoms. The van der Waals surface area contributed by atoms with Gasteiger partial charge in [0.15, 0.2) is 0 Å². The number of aromatic nitrogens is 2. The van der Waals surface area contributed by atoms with Crippen molar-refractivity contribution in [3.63, 3.8) is 0 Å². The number of nitrogens with two attached hydrogens (primary N) is 1. The lowest BCUT2D eigenvalue weighted by Gasteiger charge is -2.18. The molecule has 3 rings (SSSR count). The molecule has 3 aromatic rings. The van der Waals surface area contributed by atoms with Gasteiger partial charge in [0, 0.05) is 18.4 Å². The van der Waals surface area contributed by atoms with Crippen LogP contribution in [0.4, 0.5) is 4.39 Å². The summed E-state index contributed by atoms with van der Waals surface area (Å²) in [6, 6.07) is 7.17. The monoisotopic (exact) mass is 365 g/mol. The highest BCUT2D eigenvalue weighted by atomic mass is 35.5. The number of fused-ring (bicyclic) bond motifs is 1. The molecule has 2 N–H and O–H groups in total. The van der Waals surface area contributed by atoms with Crippen molar-refractivity contribution in [2.75, 3.05) is 0 Å². The van der Waals surface area contributed by atoms with E-state index < -0.39 is 5.82 Å². The van der Waals surface area contributed by atoms with E-state index in [0.717, 1.165) is 0 Å². The van der Waals surface area contributed by atoms with Crippen LogP contribution in [0, 0.1) is 5.82 Å². The molecule has 0 radical (unpaired) electrons. The van der Waals surface area contributed by atoms with Gasteiger partial charge < -0.3 is 10.1 Å². The van der Waals surface area contributed by atoms with Crippen LogP contribution in [-0.2, 0) is 0 Å². The molecule has 2 aromatic heterocycles. The van der Waals surface area contributed by atoms with Crippen molar-refractivity contribution < 1.29 is 4.39 Å². The second kappa shape index (κ2) is 8.83. The maximum atomic E-state index is 13.6. The molecule has 2 heterocycles. The minimum Gasteiger partial charge on any atom is -0.323 e. The molecule has 1 unspecified atom stereocenters. The van der Waals surface area contributed by atoms with Crippen LogP contribution in [0.1, 0.15) is 46.4 Å². The summed E-state index contributed by atoms with van der Waals surface area (Å²) in [7, 11) is 0. The molecule has 0 aliphatic rings. The number of hydrogen-bond acceptors (Lipinski definition) is 2. The minimum absolute atomic E-state index is 0. The first-order valence-corrected chi connectivity index (χ1v) is 8.34. The molecule has 0 saturated heterocycles. The molecule has 1 atom stereocenters. The van der Waals surface area contributed by atoms with Crippen molar-refractivity contribution >= 4 is 17.1 Å². The summed E-state index contributed by atoms with van der Waals surface area (Å²) < 4.78 is 16.6. The van der Waals surface area contributed by atoms with E-state index in [1.165, 1.54) is 16.7 Å². The van der Waals surface area contributed by atoms with Crippen molar-refractivity contribution in [1.29, 1.82) is 0 Å². The fourth-order valence-electron chi connectivity index (χ4n) is 2.52. The van der Waals surface area contributed by atoms with Gasteiger partial charge in [0.25, 0.3) is 5.56 Å². The number of rotatable bonds is 3. The molecule has 0 aliphatic heterocycles. The zero-order chi connectivity index (χ0) is 17.9. The van der Waals surface area contributed by atoms with Crippen LogP contribution in [0.2, 0.25) is 5.02 Å². The van der Waals surface area contributed by atoms with Crippen molar-refractivity contribution in [2.24, 2.45) is 5.73 Å². The summed E-state index contributed by atoms with van der Waals surface area (Å²) in [5.74, 6) is -0.415. The van der Waals surface area contributed by atoms with E-state index in [1.54, 1.807) is 35.0 Å². The second-order valence-corrected chi connectivity index (χ2v) is 5.52. The molecule has 25 heavy (non-hydrogen) atoms. The van der Waals surface area contributed by atoms with Gasteiger partial charge in [-0.2, -0.15) is 0 Å². The van der Waals surface area contributed by atoms with Gasteiger partial charge in [-0.25, -0.2) is 4.39 Å². The lowest BCUT2D eigenvalue weighted by Crippen LogP contribution is -2.28. The Morgan fingerprint density at radius 1 is 1.28 bits per heavy atom. The third-order valence-electron chi connectivity index (χ3n) is 3.69. The Labute approximate surface area is 152 Å². The highest BCUT2D eigenvalue weighted by Crippen LogP contribution is 2.22. The Hall–Kier alpha value is -2.11. The van der Waals surface area contributed by atoms with Gasteiger partial charge >= 0.3 is 0 Å². The predicted molar refractivity (Wildman–Crippen MR) is 103 cm³/mol. The van der Waals surface area contributed by atoms with Crippen LogP contribution in [-0.4, -0.2) is 8.97 Å². The SMILES string of the molecule is C.CC.CCC(N)c1cn2ccc(Cl)c2c(=O)n1-c1cccc(F)c1. The van der Waals surface area contributed by atoms with Crippen LogP contribution in [0.25, 0.3) is 11.2 Å². The van der Waals surface area contributed by atoms with Crippen molar-refractivity contribution in [2.45, 2.75) is 40.7 Å². The van der Waals surface area contributed by atoms with E-state index in [-0.39, 0.29) is 19.0 Å². The number of halogens is 2.